The van der Waals surface area contributed by atoms with Crippen LogP contribution >= 0.6 is 0 Å². The number of anilines is 1. The van der Waals surface area contributed by atoms with Gasteiger partial charge in [-0.05, 0) is 29.2 Å². The largest absolute Gasteiger partial charge is 0.356 e. The van der Waals surface area contributed by atoms with Crippen molar-refractivity contribution in [3.8, 4) is 0 Å². The Balaban J connectivity index is 1.70. The standard InChI is InChI=1S/C14H19FN2/c1-14(2,3)13-10-7-17(8-11(10)13)12-6-9(15)4-5-16-12/h4-6,10-11,13H,7-8H2,1-3H3. The maximum atomic E-state index is 13.1. The molecule has 0 aromatic carbocycles. The lowest BCUT2D eigenvalue weighted by Gasteiger charge is -2.26. The van der Waals surface area contributed by atoms with Crippen molar-refractivity contribution in [3.63, 3.8) is 0 Å². The predicted molar refractivity (Wildman–Crippen MR) is 66.3 cm³/mol. The van der Waals surface area contributed by atoms with Crippen molar-refractivity contribution in [2.24, 2.45) is 23.2 Å². The molecule has 0 N–H and O–H groups in total. The SMILES string of the molecule is CC(C)(C)C1C2CN(c3cc(F)ccn3)CC21. The van der Waals surface area contributed by atoms with Crippen LogP contribution < -0.4 is 4.90 Å². The number of halogens is 1. The predicted octanol–water partition coefficient (Wildman–Crippen LogP) is 2.95. The maximum absolute atomic E-state index is 13.1. The highest BCUT2D eigenvalue weighted by Crippen LogP contribution is 2.60. The smallest absolute Gasteiger partial charge is 0.131 e. The van der Waals surface area contributed by atoms with Crippen LogP contribution in [-0.4, -0.2) is 18.1 Å². The van der Waals surface area contributed by atoms with Crippen LogP contribution in [-0.2, 0) is 0 Å². The van der Waals surface area contributed by atoms with Crippen molar-refractivity contribution in [1.29, 1.82) is 0 Å². The van der Waals surface area contributed by atoms with E-state index in [-0.39, 0.29) is 5.82 Å². The number of fused-ring (bicyclic) bond motifs is 1. The molecular formula is C14H19FN2. The van der Waals surface area contributed by atoms with E-state index in [9.17, 15) is 4.39 Å². The highest BCUT2D eigenvalue weighted by molar-refractivity contribution is 5.42. The fraction of sp³-hybridized carbons (Fsp3) is 0.643. The minimum atomic E-state index is -0.192. The molecule has 2 aliphatic rings. The Bertz CT molecular complexity index is 426. The number of hydrogen-bond acceptors (Lipinski definition) is 2. The molecule has 2 nitrogen and oxygen atoms in total. The first-order chi connectivity index (χ1) is 7.97. The fourth-order valence-electron chi connectivity index (χ4n) is 3.56. The molecule has 92 valence electrons. The summed E-state index contributed by atoms with van der Waals surface area (Å²) in [5.74, 6) is 3.03. The zero-order chi connectivity index (χ0) is 12.2. The zero-order valence-electron chi connectivity index (χ0n) is 10.7. The Morgan fingerprint density at radius 2 is 1.94 bits per heavy atom. The van der Waals surface area contributed by atoms with Gasteiger partial charge in [0.1, 0.15) is 11.6 Å². The summed E-state index contributed by atoms with van der Waals surface area (Å²) in [7, 11) is 0. The number of piperidine rings is 1. The third kappa shape index (κ3) is 1.81. The second-order valence-electron chi connectivity index (χ2n) is 6.46. The minimum Gasteiger partial charge on any atom is -0.356 e. The molecule has 2 fully saturated rings. The van der Waals surface area contributed by atoms with E-state index in [0.29, 0.717) is 5.41 Å². The molecule has 3 rings (SSSR count). The lowest BCUT2D eigenvalue weighted by Crippen LogP contribution is -2.28. The van der Waals surface area contributed by atoms with Gasteiger partial charge < -0.3 is 4.90 Å². The second-order valence-corrected chi connectivity index (χ2v) is 6.46. The van der Waals surface area contributed by atoms with Crippen LogP contribution in [0, 0.1) is 29.0 Å². The summed E-state index contributed by atoms with van der Waals surface area (Å²) in [6.07, 6.45) is 1.55. The minimum absolute atomic E-state index is 0.192. The summed E-state index contributed by atoms with van der Waals surface area (Å²) in [5, 5.41) is 0. The van der Waals surface area contributed by atoms with Crippen molar-refractivity contribution in [2.45, 2.75) is 20.8 Å². The van der Waals surface area contributed by atoms with Crippen molar-refractivity contribution in [2.75, 3.05) is 18.0 Å². The van der Waals surface area contributed by atoms with Crippen LogP contribution in [0.25, 0.3) is 0 Å². The molecule has 1 saturated heterocycles. The van der Waals surface area contributed by atoms with Gasteiger partial charge >= 0.3 is 0 Å². The summed E-state index contributed by atoms with van der Waals surface area (Å²) >= 11 is 0. The van der Waals surface area contributed by atoms with Gasteiger partial charge in [-0.25, -0.2) is 9.37 Å². The quantitative estimate of drug-likeness (QED) is 0.742. The summed E-state index contributed by atoms with van der Waals surface area (Å²) in [6.45, 7) is 9.05. The Kier molecular flexibility index (Phi) is 2.22. The summed E-state index contributed by atoms with van der Waals surface area (Å²) < 4.78 is 13.1. The maximum Gasteiger partial charge on any atom is 0.131 e. The lowest BCUT2D eigenvalue weighted by molar-refractivity contribution is 0.309. The first-order valence-corrected chi connectivity index (χ1v) is 6.33. The van der Waals surface area contributed by atoms with Crippen molar-refractivity contribution in [3.05, 3.63) is 24.1 Å². The van der Waals surface area contributed by atoms with Gasteiger partial charge in [0.25, 0.3) is 0 Å². The molecule has 1 aromatic heterocycles. The van der Waals surface area contributed by atoms with E-state index in [0.717, 1.165) is 36.7 Å². The molecule has 0 amide bonds. The molecule has 2 atom stereocenters. The molecule has 2 unspecified atom stereocenters. The van der Waals surface area contributed by atoms with Gasteiger partial charge in [0.05, 0.1) is 0 Å². The van der Waals surface area contributed by atoms with E-state index in [4.69, 9.17) is 0 Å². The van der Waals surface area contributed by atoms with Gasteiger partial charge in [0.2, 0.25) is 0 Å². The van der Waals surface area contributed by atoms with E-state index in [1.54, 1.807) is 6.20 Å². The van der Waals surface area contributed by atoms with E-state index in [1.807, 2.05) is 0 Å². The Morgan fingerprint density at radius 1 is 1.29 bits per heavy atom. The van der Waals surface area contributed by atoms with Gasteiger partial charge in [-0.15, -0.1) is 0 Å². The van der Waals surface area contributed by atoms with Gasteiger partial charge in [0, 0.05) is 25.4 Å². The van der Waals surface area contributed by atoms with Crippen molar-refractivity contribution in [1.82, 2.24) is 4.98 Å². The molecule has 3 heteroatoms. The van der Waals surface area contributed by atoms with Crippen LogP contribution in [0.2, 0.25) is 0 Å². The number of hydrogen-bond donors (Lipinski definition) is 0. The Labute approximate surface area is 102 Å². The number of pyridine rings is 1. The third-order valence-corrected chi connectivity index (χ3v) is 4.23. The summed E-state index contributed by atoms with van der Waals surface area (Å²) in [6, 6.07) is 2.94. The molecule has 1 aromatic rings. The molecule has 1 saturated carbocycles. The molecule has 0 radical (unpaired) electrons. The van der Waals surface area contributed by atoms with Gasteiger partial charge in [-0.3, -0.25) is 0 Å². The van der Waals surface area contributed by atoms with Crippen LogP contribution in [0.5, 0.6) is 0 Å². The van der Waals surface area contributed by atoms with E-state index >= 15 is 0 Å². The van der Waals surface area contributed by atoms with Crippen molar-refractivity contribution >= 4 is 5.82 Å². The van der Waals surface area contributed by atoms with E-state index in [1.165, 1.54) is 12.1 Å². The molecule has 2 heterocycles. The zero-order valence-corrected chi connectivity index (χ0v) is 10.7. The van der Waals surface area contributed by atoms with Gasteiger partial charge in [0.15, 0.2) is 0 Å². The van der Waals surface area contributed by atoms with E-state index < -0.39 is 0 Å². The normalized spacial score (nSPS) is 31.5. The van der Waals surface area contributed by atoms with Crippen LogP contribution in [0.1, 0.15) is 20.8 Å². The molecule has 1 aliphatic carbocycles. The van der Waals surface area contributed by atoms with Gasteiger partial charge in [-0.1, -0.05) is 20.8 Å². The van der Waals surface area contributed by atoms with Crippen LogP contribution in [0.3, 0.4) is 0 Å². The first kappa shape index (κ1) is 11.0. The molecule has 1 aliphatic heterocycles. The Morgan fingerprint density at radius 3 is 2.47 bits per heavy atom. The average molecular weight is 234 g/mol. The monoisotopic (exact) mass is 234 g/mol. The topological polar surface area (TPSA) is 16.1 Å². The van der Waals surface area contributed by atoms with Crippen molar-refractivity contribution < 1.29 is 4.39 Å². The molecule has 0 spiro atoms. The highest BCUT2D eigenvalue weighted by atomic mass is 19.1. The Hall–Kier alpha value is -1.12. The first-order valence-electron chi connectivity index (χ1n) is 6.33. The summed E-state index contributed by atoms with van der Waals surface area (Å²) in [4.78, 5) is 6.47. The third-order valence-electron chi connectivity index (χ3n) is 4.23. The number of rotatable bonds is 1. The summed E-state index contributed by atoms with van der Waals surface area (Å²) in [5.41, 5.74) is 0.413. The highest BCUT2D eigenvalue weighted by Gasteiger charge is 2.59. The van der Waals surface area contributed by atoms with Crippen LogP contribution in [0.15, 0.2) is 18.3 Å². The molecule has 0 bridgehead atoms. The average Bonchev–Trinajstić information content (AvgIpc) is 2.77. The van der Waals surface area contributed by atoms with Crippen LogP contribution in [0.4, 0.5) is 10.2 Å². The molecule has 17 heavy (non-hydrogen) atoms. The fourth-order valence-corrected chi connectivity index (χ4v) is 3.56. The second kappa shape index (κ2) is 3.44. The molecular weight excluding hydrogens is 215 g/mol. The lowest BCUT2D eigenvalue weighted by atomic mass is 9.87. The number of nitrogens with zero attached hydrogens (tertiary/aromatic N) is 2. The van der Waals surface area contributed by atoms with E-state index in [2.05, 4.69) is 30.7 Å². The number of aromatic nitrogens is 1. The van der Waals surface area contributed by atoms with Gasteiger partial charge in [-0.2, -0.15) is 0 Å².